The molecule has 19 heavy (non-hydrogen) atoms. The summed E-state index contributed by atoms with van der Waals surface area (Å²) in [6, 6.07) is 7.62. The molecule has 1 atom stereocenters. The molecule has 4 nitrogen and oxygen atoms in total. The topological polar surface area (TPSA) is 46.4 Å². The van der Waals surface area contributed by atoms with E-state index in [1.54, 1.807) is 30.3 Å². The van der Waals surface area contributed by atoms with Crippen LogP contribution in [-0.2, 0) is 20.9 Å². The molecule has 1 saturated heterocycles. The Labute approximate surface area is 106 Å². The highest BCUT2D eigenvalue weighted by Crippen LogP contribution is 2.28. The van der Waals surface area contributed by atoms with Gasteiger partial charge in [-0.05, 0) is 5.56 Å². The van der Waals surface area contributed by atoms with Crippen LogP contribution in [0, 0.1) is 0 Å². The van der Waals surface area contributed by atoms with Crippen LogP contribution < -0.4 is 0 Å². The number of amides is 1. The smallest absolute Gasteiger partial charge is 0.459 e. The molecule has 1 heterocycles. The van der Waals surface area contributed by atoms with Crippen molar-refractivity contribution in [2.24, 2.45) is 0 Å². The molecule has 1 fully saturated rings. The van der Waals surface area contributed by atoms with Crippen molar-refractivity contribution in [2.75, 3.05) is 6.54 Å². The number of carbonyl (C=O) groups is 2. The molecule has 0 aromatic heterocycles. The minimum atomic E-state index is -4.95. The Bertz CT molecular complexity index is 487. The molecule has 0 bridgehead atoms. The van der Waals surface area contributed by atoms with Gasteiger partial charge in [-0.3, -0.25) is 4.79 Å². The second-order valence-corrected chi connectivity index (χ2v) is 4.06. The standard InChI is InChI=1S/C12H10F3NO3/c13-12(14,15)11(18)16-6-9(16)10(17)19-7-8-4-2-1-3-5-8/h1-5,9H,6-7H2. The highest BCUT2D eigenvalue weighted by Gasteiger charge is 2.54. The Kier molecular flexibility index (Phi) is 3.46. The number of nitrogens with zero attached hydrogens (tertiary/aromatic N) is 1. The number of carbonyl (C=O) groups excluding carboxylic acids is 2. The minimum absolute atomic E-state index is 0.0236. The second kappa shape index (κ2) is 4.91. The van der Waals surface area contributed by atoms with Crippen LogP contribution in [-0.4, -0.2) is 35.5 Å². The van der Waals surface area contributed by atoms with Gasteiger partial charge in [0.1, 0.15) is 12.6 Å². The van der Waals surface area contributed by atoms with Crippen LogP contribution in [0.1, 0.15) is 5.56 Å². The van der Waals surface area contributed by atoms with Crippen molar-refractivity contribution in [3.05, 3.63) is 35.9 Å². The van der Waals surface area contributed by atoms with Gasteiger partial charge in [-0.15, -0.1) is 0 Å². The number of hydrogen-bond acceptors (Lipinski definition) is 3. The number of halogens is 3. The van der Waals surface area contributed by atoms with Crippen LogP contribution in [0.4, 0.5) is 13.2 Å². The first kappa shape index (κ1) is 13.4. The fraction of sp³-hybridized carbons (Fsp3) is 0.333. The lowest BCUT2D eigenvalue weighted by molar-refractivity contribution is -0.180. The summed E-state index contributed by atoms with van der Waals surface area (Å²) in [6.45, 7) is -0.268. The van der Waals surface area contributed by atoms with Crippen LogP contribution in [0.3, 0.4) is 0 Å². The number of rotatable bonds is 3. The zero-order chi connectivity index (χ0) is 14.0. The molecule has 0 aliphatic carbocycles. The molecule has 1 aliphatic rings. The fourth-order valence-electron chi connectivity index (χ4n) is 1.55. The molecule has 0 saturated carbocycles. The van der Waals surface area contributed by atoms with Crippen molar-refractivity contribution < 1.29 is 27.5 Å². The first-order chi connectivity index (χ1) is 8.89. The number of benzene rings is 1. The zero-order valence-electron chi connectivity index (χ0n) is 9.68. The number of ether oxygens (including phenoxy) is 1. The normalized spacial score (nSPS) is 18.1. The Morgan fingerprint density at radius 1 is 1.26 bits per heavy atom. The average Bonchev–Trinajstić information content (AvgIpc) is 3.15. The van der Waals surface area contributed by atoms with Crippen LogP contribution in [0.15, 0.2) is 30.3 Å². The Hall–Kier alpha value is -2.05. The number of alkyl halides is 3. The molecule has 1 amide bonds. The van der Waals surface area contributed by atoms with Gasteiger partial charge in [0.25, 0.3) is 0 Å². The lowest BCUT2D eigenvalue weighted by Crippen LogP contribution is -2.32. The summed E-state index contributed by atoms with van der Waals surface area (Å²) < 4.78 is 41.1. The molecule has 102 valence electrons. The van der Waals surface area contributed by atoms with E-state index >= 15 is 0 Å². The van der Waals surface area contributed by atoms with Crippen molar-refractivity contribution in [1.82, 2.24) is 4.90 Å². The molecular weight excluding hydrogens is 263 g/mol. The lowest BCUT2D eigenvalue weighted by atomic mass is 10.2. The summed E-state index contributed by atoms with van der Waals surface area (Å²) >= 11 is 0. The van der Waals surface area contributed by atoms with E-state index in [0.29, 0.717) is 4.90 Å². The molecule has 1 aromatic carbocycles. The molecule has 2 rings (SSSR count). The van der Waals surface area contributed by atoms with Crippen LogP contribution in [0.2, 0.25) is 0 Å². The van der Waals surface area contributed by atoms with Gasteiger partial charge in [-0.25, -0.2) is 4.79 Å². The summed E-state index contributed by atoms with van der Waals surface area (Å²) in [7, 11) is 0. The highest BCUT2D eigenvalue weighted by molar-refractivity contribution is 5.92. The van der Waals surface area contributed by atoms with E-state index in [1.807, 2.05) is 0 Å². The predicted molar refractivity (Wildman–Crippen MR) is 57.8 cm³/mol. The molecule has 1 aliphatic heterocycles. The molecule has 7 heteroatoms. The van der Waals surface area contributed by atoms with E-state index < -0.39 is 24.1 Å². The van der Waals surface area contributed by atoms with E-state index in [9.17, 15) is 22.8 Å². The monoisotopic (exact) mass is 273 g/mol. The van der Waals surface area contributed by atoms with Gasteiger partial charge in [0.05, 0.1) is 6.54 Å². The highest BCUT2D eigenvalue weighted by atomic mass is 19.4. The van der Waals surface area contributed by atoms with Gasteiger partial charge >= 0.3 is 18.1 Å². The second-order valence-electron chi connectivity index (χ2n) is 4.06. The summed E-state index contributed by atoms with van der Waals surface area (Å²) in [5.41, 5.74) is 0.727. The number of hydrogen-bond donors (Lipinski definition) is 0. The minimum Gasteiger partial charge on any atom is -0.459 e. The van der Waals surface area contributed by atoms with E-state index in [1.165, 1.54) is 0 Å². The quantitative estimate of drug-likeness (QED) is 0.619. The largest absolute Gasteiger partial charge is 0.471 e. The molecule has 0 radical (unpaired) electrons. The third-order valence-corrected chi connectivity index (χ3v) is 2.61. The molecule has 0 N–H and O–H groups in total. The van der Waals surface area contributed by atoms with Gasteiger partial charge < -0.3 is 9.64 Å². The van der Waals surface area contributed by atoms with Gasteiger partial charge in [0.2, 0.25) is 0 Å². The van der Waals surface area contributed by atoms with Gasteiger partial charge in [-0.1, -0.05) is 30.3 Å². The summed E-state index contributed by atoms with van der Waals surface area (Å²) in [4.78, 5) is 22.7. The first-order valence-electron chi connectivity index (χ1n) is 5.48. The zero-order valence-corrected chi connectivity index (χ0v) is 9.68. The fourth-order valence-corrected chi connectivity index (χ4v) is 1.55. The molecule has 1 aromatic rings. The van der Waals surface area contributed by atoms with Crippen LogP contribution in [0.25, 0.3) is 0 Å². The van der Waals surface area contributed by atoms with Crippen molar-refractivity contribution >= 4 is 11.9 Å². The first-order valence-corrected chi connectivity index (χ1v) is 5.48. The van der Waals surface area contributed by atoms with Crippen LogP contribution >= 0.6 is 0 Å². The molecule has 1 unspecified atom stereocenters. The Morgan fingerprint density at radius 3 is 2.47 bits per heavy atom. The maximum atomic E-state index is 12.1. The van der Waals surface area contributed by atoms with Crippen molar-refractivity contribution in [3.8, 4) is 0 Å². The van der Waals surface area contributed by atoms with Gasteiger partial charge in [0.15, 0.2) is 0 Å². The third-order valence-electron chi connectivity index (χ3n) is 2.61. The van der Waals surface area contributed by atoms with E-state index in [0.717, 1.165) is 5.56 Å². The van der Waals surface area contributed by atoms with Crippen LogP contribution in [0.5, 0.6) is 0 Å². The lowest BCUT2D eigenvalue weighted by Gasteiger charge is -2.07. The van der Waals surface area contributed by atoms with Gasteiger partial charge in [-0.2, -0.15) is 13.2 Å². The Morgan fingerprint density at radius 2 is 1.89 bits per heavy atom. The van der Waals surface area contributed by atoms with E-state index in [2.05, 4.69) is 0 Å². The van der Waals surface area contributed by atoms with Crippen molar-refractivity contribution in [1.29, 1.82) is 0 Å². The van der Waals surface area contributed by atoms with Crippen molar-refractivity contribution in [2.45, 2.75) is 18.8 Å². The SMILES string of the molecule is O=C(OCc1ccccc1)C1CN1C(=O)C(F)(F)F. The Balaban J connectivity index is 1.82. The summed E-state index contributed by atoms with van der Waals surface area (Å²) in [5, 5.41) is 0. The summed E-state index contributed by atoms with van der Waals surface area (Å²) in [6.07, 6.45) is -4.95. The average molecular weight is 273 g/mol. The predicted octanol–water partition coefficient (Wildman–Crippen LogP) is 1.50. The molecule has 0 spiro atoms. The third kappa shape index (κ3) is 3.24. The van der Waals surface area contributed by atoms with Crippen molar-refractivity contribution in [3.63, 3.8) is 0 Å². The van der Waals surface area contributed by atoms with E-state index in [4.69, 9.17) is 4.74 Å². The van der Waals surface area contributed by atoms with Gasteiger partial charge in [0, 0.05) is 0 Å². The summed E-state index contributed by atoms with van der Waals surface area (Å²) in [5.74, 6) is -2.82. The maximum Gasteiger partial charge on any atom is 0.471 e. The molecular formula is C12H10F3NO3. The number of esters is 1. The van der Waals surface area contributed by atoms with E-state index in [-0.39, 0.29) is 13.2 Å². The maximum absolute atomic E-state index is 12.1.